The molecule has 2 rings (SSSR count). The van der Waals surface area contributed by atoms with Crippen molar-refractivity contribution in [2.45, 2.75) is 32.4 Å². The SMILES string of the molecule is COC1C(C)=CN(c2cc(C(F)(F)F)c(C(C)=O)cn2)C1O. The van der Waals surface area contributed by atoms with E-state index in [4.69, 9.17) is 4.74 Å². The first-order chi connectivity index (χ1) is 10.2. The standard InChI is InChI=1S/C14H15F3N2O3/c1-7-6-19(13(21)12(7)22-3)11-4-10(14(15,16)17)9(5-18-11)8(2)20/h4-6,12-13,21H,1-3H3. The molecule has 2 unspecified atom stereocenters. The van der Waals surface area contributed by atoms with Gasteiger partial charge in [0.2, 0.25) is 0 Å². The van der Waals surface area contributed by atoms with Crippen LogP contribution in [0, 0.1) is 0 Å². The van der Waals surface area contributed by atoms with Gasteiger partial charge in [0, 0.05) is 25.1 Å². The Bertz CT molecular complexity index is 628. The van der Waals surface area contributed by atoms with E-state index in [2.05, 4.69) is 4.98 Å². The topological polar surface area (TPSA) is 62.7 Å². The Balaban J connectivity index is 2.49. The third kappa shape index (κ3) is 2.84. The summed E-state index contributed by atoms with van der Waals surface area (Å²) in [5, 5.41) is 10.1. The molecule has 0 spiro atoms. The van der Waals surface area contributed by atoms with E-state index in [1.807, 2.05) is 0 Å². The number of hydrogen-bond acceptors (Lipinski definition) is 5. The van der Waals surface area contributed by atoms with E-state index in [0.717, 1.165) is 19.2 Å². The van der Waals surface area contributed by atoms with E-state index in [-0.39, 0.29) is 5.82 Å². The van der Waals surface area contributed by atoms with Crippen molar-refractivity contribution in [2.75, 3.05) is 12.0 Å². The number of ketones is 1. The summed E-state index contributed by atoms with van der Waals surface area (Å²) in [4.78, 5) is 16.4. The summed E-state index contributed by atoms with van der Waals surface area (Å²) in [5.74, 6) is -0.835. The predicted octanol–water partition coefficient (Wildman–Crippen LogP) is 2.36. The zero-order chi connectivity index (χ0) is 16.7. The maximum Gasteiger partial charge on any atom is 0.417 e. The number of carbonyl (C=O) groups excluding carboxylic acids is 1. The first kappa shape index (κ1) is 16.4. The number of methoxy groups -OCH3 is 1. The maximum atomic E-state index is 13.1. The monoisotopic (exact) mass is 316 g/mol. The fraction of sp³-hybridized carbons (Fsp3) is 0.429. The summed E-state index contributed by atoms with van der Waals surface area (Å²) in [6, 6.07) is 0.752. The van der Waals surface area contributed by atoms with Gasteiger partial charge in [-0.2, -0.15) is 13.2 Å². The Morgan fingerprint density at radius 3 is 2.55 bits per heavy atom. The molecule has 120 valence electrons. The van der Waals surface area contributed by atoms with Crippen LogP contribution >= 0.6 is 0 Å². The zero-order valence-electron chi connectivity index (χ0n) is 12.2. The Kier molecular flexibility index (Phi) is 4.25. The van der Waals surface area contributed by atoms with Crippen LogP contribution in [0.3, 0.4) is 0 Å². The predicted molar refractivity (Wildman–Crippen MR) is 72.3 cm³/mol. The molecule has 0 radical (unpaired) electrons. The van der Waals surface area contributed by atoms with E-state index in [1.165, 1.54) is 18.2 Å². The summed E-state index contributed by atoms with van der Waals surface area (Å²) < 4.78 is 44.4. The van der Waals surface area contributed by atoms with Crippen molar-refractivity contribution in [1.82, 2.24) is 4.98 Å². The minimum absolute atomic E-state index is 0.108. The number of alkyl halides is 3. The van der Waals surface area contributed by atoms with Gasteiger partial charge in [0.25, 0.3) is 0 Å². The molecular formula is C14H15F3N2O3. The molecule has 1 aromatic rings. The number of aliphatic hydroxyl groups excluding tert-OH is 1. The molecule has 5 nitrogen and oxygen atoms in total. The van der Waals surface area contributed by atoms with Crippen molar-refractivity contribution >= 4 is 11.6 Å². The van der Waals surface area contributed by atoms with Crippen molar-refractivity contribution < 1.29 is 27.8 Å². The second kappa shape index (κ2) is 5.69. The fourth-order valence-corrected chi connectivity index (χ4v) is 2.36. The lowest BCUT2D eigenvalue weighted by atomic mass is 10.1. The molecule has 0 bridgehead atoms. The van der Waals surface area contributed by atoms with E-state index >= 15 is 0 Å². The van der Waals surface area contributed by atoms with Crippen LogP contribution in [-0.2, 0) is 10.9 Å². The van der Waals surface area contributed by atoms with Crippen LogP contribution in [0.15, 0.2) is 24.0 Å². The van der Waals surface area contributed by atoms with Crippen LogP contribution in [0.5, 0.6) is 0 Å². The van der Waals surface area contributed by atoms with Gasteiger partial charge in [-0.1, -0.05) is 0 Å². The number of Topliss-reactive ketones (excluding diaryl/α,β-unsaturated/α-hetero) is 1. The number of pyridine rings is 1. The molecule has 0 saturated heterocycles. The van der Waals surface area contributed by atoms with Gasteiger partial charge in [0.1, 0.15) is 11.9 Å². The first-order valence-corrected chi connectivity index (χ1v) is 6.42. The van der Waals surface area contributed by atoms with Gasteiger partial charge in [0.05, 0.1) is 5.56 Å². The lowest BCUT2D eigenvalue weighted by Gasteiger charge is -2.24. The van der Waals surface area contributed by atoms with Crippen LogP contribution in [0.1, 0.15) is 29.8 Å². The van der Waals surface area contributed by atoms with Crippen molar-refractivity contribution in [2.24, 2.45) is 0 Å². The molecule has 22 heavy (non-hydrogen) atoms. The van der Waals surface area contributed by atoms with Gasteiger partial charge in [-0.15, -0.1) is 0 Å². The van der Waals surface area contributed by atoms with Crippen LogP contribution in [0.25, 0.3) is 0 Å². The highest BCUT2D eigenvalue weighted by molar-refractivity contribution is 5.95. The number of anilines is 1. The largest absolute Gasteiger partial charge is 0.417 e. The second-order valence-corrected chi connectivity index (χ2v) is 4.99. The number of halogens is 3. The molecular weight excluding hydrogens is 301 g/mol. The molecule has 0 aliphatic carbocycles. The fourth-order valence-electron chi connectivity index (χ4n) is 2.36. The molecule has 8 heteroatoms. The van der Waals surface area contributed by atoms with Gasteiger partial charge in [-0.25, -0.2) is 4.98 Å². The van der Waals surface area contributed by atoms with Crippen molar-refractivity contribution in [3.63, 3.8) is 0 Å². The molecule has 2 heterocycles. The molecule has 1 aromatic heterocycles. The summed E-state index contributed by atoms with van der Waals surface area (Å²) in [6.45, 7) is 2.73. The summed E-state index contributed by atoms with van der Waals surface area (Å²) >= 11 is 0. The van der Waals surface area contributed by atoms with Gasteiger partial charge in [-0.3, -0.25) is 4.79 Å². The average molecular weight is 316 g/mol. The Labute approximate surface area is 125 Å². The molecule has 0 aromatic carbocycles. The van der Waals surface area contributed by atoms with Crippen molar-refractivity contribution in [3.8, 4) is 0 Å². The maximum absolute atomic E-state index is 13.1. The number of carbonyl (C=O) groups is 1. The first-order valence-electron chi connectivity index (χ1n) is 6.42. The highest BCUT2D eigenvalue weighted by atomic mass is 19.4. The molecule has 0 amide bonds. The highest BCUT2D eigenvalue weighted by Crippen LogP contribution is 2.35. The van der Waals surface area contributed by atoms with Crippen LogP contribution in [0.2, 0.25) is 0 Å². The number of ether oxygens (including phenoxy) is 1. The van der Waals surface area contributed by atoms with Crippen LogP contribution < -0.4 is 4.90 Å². The van der Waals surface area contributed by atoms with Gasteiger partial charge in [0.15, 0.2) is 12.0 Å². The summed E-state index contributed by atoms with van der Waals surface area (Å²) in [5.41, 5.74) is -0.931. The number of hydrogen-bond donors (Lipinski definition) is 1. The Morgan fingerprint density at radius 1 is 1.45 bits per heavy atom. The molecule has 1 aliphatic heterocycles. The summed E-state index contributed by atoms with van der Waals surface area (Å²) in [6.07, 6.45) is -4.18. The highest BCUT2D eigenvalue weighted by Gasteiger charge is 2.38. The van der Waals surface area contributed by atoms with Gasteiger partial charge in [-0.05, 0) is 25.5 Å². The number of aromatic nitrogens is 1. The number of aliphatic hydroxyl groups is 1. The third-order valence-electron chi connectivity index (χ3n) is 3.44. The third-order valence-corrected chi connectivity index (χ3v) is 3.44. The van der Waals surface area contributed by atoms with Crippen LogP contribution in [-0.4, -0.2) is 35.3 Å². The van der Waals surface area contributed by atoms with E-state index in [0.29, 0.717) is 5.57 Å². The zero-order valence-corrected chi connectivity index (χ0v) is 12.2. The smallest absolute Gasteiger partial charge is 0.372 e. The molecule has 1 aliphatic rings. The molecule has 2 atom stereocenters. The number of nitrogens with zero attached hydrogens (tertiary/aromatic N) is 2. The average Bonchev–Trinajstić information content (AvgIpc) is 2.71. The summed E-state index contributed by atoms with van der Waals surface area (Å²) in [7, 11) is 1.39. The Hall–Kier alpha value is -1.93. The molecule has 0 saturated carbocycles. The molecule has 0 fully saturated rings. The van der Waals surface area contributed by atoms with E-state index in [9.17, 15) is 23.1 Å². The van der Waals surface area contributed by atoms with Crippen molar-refractivity contribution in [1.29, 1.82) is 0 Å². The number of rotatable bonds is 3. The van der Waals surface area contributed by atoms with Crippen LogP contribution in [0.4, 0.5) is 19.0 Å². The quantitative estimate of drug-likeness (QED) is 0.867. The van der Waals surface area contributed by atoms with Gasteiger partial charge < -0.3 is 14.7 Å². The minimum atomic E-state index is -4.69. The van der Waals surface area contributed by atoms with E-state index in [1.54, 1.807) is 6.92 Å². The minimum Gasteiger partial charge on any atom is -0.372 e. The molecule has 1 N–H and O–H groups in total. The van der Waals surface area contributed by atoms with Gasteiger partial charge >= 0.3 is 6.18 Å². The second-order valence-electron chi connectivity index (χ2n) is 4.99. The Morgan fingerprint density at radius 2 is 2.09 bits per heavy atom. The van der Waals surface area contributed by atoms with Crippen molar-refractivity contribution in [3.05, 3.63) is 35.2 Å². The van der Waals surface area contributed by atoms with E-state index < -0.39 is 35.4 Å². The lowest BCUT2D eigenvalue weighted by Crippen LogP contribution is -2.36. The lowest BCUT2D eigenvalue weighted by molar-refractivity contribution is -0.137. The normalized spacial score (nSPS) is 22.0.